The van der Waals surface area contributed by atoms with Gasteiger partial charge in [-0.1, -0.05) is 0 Å². The molecule has 132 valence electrons. The van der Waals surface area contributed by atoms with Crippen LogP contribution in [0, 0.1) is 5.92 Å². The molecular formula is C14H21F3NO4P. The van der Waals surface area contributed by atoms with E-state index >= 15 is 0 Å². The molecular weight excluding hydrogens is 334 g/mol. The van der Waals surface area contributed by atoms with E-state index in [1.54, 1.807) is 0 Å². The standard InChI is InChI=1S/C14H21F3NO4P/c1-4-21-23(20,22-5-2)13(14(15,16)17)8-10-6-12(19)7-11(10)9-18(13)3/h7,10H,4-6,8-9H2,1-3H3/t10-,13+/m0/s1. The Labute approximate surface area is 133 Å². The van der Waals surface area contributed by atoms with Crippen LogP contribution in [0.5, 0.6) is 0 Å². The van der Waals surface area contributed by atoms with Crippen molar-refractivity contribution in [2.24, 2.45) is 5.92 Å². The topological polar surface area (TPSA) is 55.8 Å². The summed E-state index contributed by atoms with van der Waals surface area (Å²) in [4.78, 5) is 12.5. The minimum atomic E-state index is -4.82. The molecule has 0 unspecified atom stereocenters. The van der Waals surface area contributed by atoms with E-state index < -0.39 is 31.4 Å². The number of halogens is 3. The Morgan fingerprint density at radius 1 is 1.35 bits per heavy atom. The number of rotatable bonds is 5. The van der Waals surface area contributed by atoms with Crippen molar-refractivity contribution in [2.45, 2.75) is 38.1 Å². The van der Waals surface area contributed by atoms with Gasteiger partial charge in [0, 0.05) is 13.0 Å². The Hall–Kier alpha value is -0.690. The molecule has 23 heavy (non-hydrogen) atoms. The van der Waals surface area contributed by atoms with E-state index in [0.29, 0.717) is 5.57 Å². The summed E-state index contributed by atoms with van der Waals surface area (Å²) in [6.45, 7) is 2.55. The predicted molar refractivity (Wildman–Crippen MR) is 78.1 cm³/mol. The number of hydrogen-bond donors (Lipinski definition) is 0. The molecule has 0 bridgehead atoms. The van der Waals surface area contributed by atoms with Gasteiger partial charge in [-0.2, -0.15) is 13.2 Å². The molecule has 1 aliphatic heterocycles. The third-order valence-electron chi connectivity index (χ3n) is 4.41. The Morgan fingerprint density at radius 2 is 1.91 bits per heavy atom. The molecule has 0 aromatic carbocycles. The zero-order valence-electron chi connectivity index (χ0n) is 13.4. The molecule has 2 rings (SSSR count). The van der Waals surface area contributed by atoms with Gasteiger partial charge < -0.3 is 9.05 Å². The zero-order chi connectivity index (χ0) is 17.5. The van der Waals surface area contributed by atoms with Crippen molar-refractivity contribution < 1.29 is 31.6 Å². The van der Waals surface area contributed by atoms with Crippen LogP contribution in [0.3, 0.4) is 0 Å². The van der Waals surface area contributed by atoms with Crippen molar-refractivity contribution in [3.63, 3.8) is 0 Å². The highest BCUT2D eigenvalue weighted by Gasteiger charge is 2.72. The first-order valence-electron chi connectivity index (χ1n) is 7.51. The van der Waals surface area contributed by atoms with Crippen molar-refractivity contribution in [3.8, 4) is 0 Å². The van der Waals surface area contributed by atoms with Crippen LogP contribution in [-0.4, -0.2) is 48.9 Å². The Kier molecular flexibility index (Phi) is 5.12. The van der Waals surface area contributed by atoms with Crippen LogP contribution in [0.1, 0.15) is 26.7 Å². The van der Waals surface area contributed by atoms with E-state index in [9.17, 15) is 22.5 Å². The van der Waals surface area contributed by atoms with Crippen molar-refractivity contribution in [3.05, 3.63) is 11.6 Å². The molecule has 0 amide bonds. The minimum Gasteiger partial charge on any atom is -0.307 e. The number of piperidine rings is 1. The number of hydrogen-bond acceptors (Lipinski definition) is 5. The number of allylic oxidation sites excluding steroid dienone is 1. The molecule has 1 heterocycles. The first kappa shape index (κ1) is 18.6. The largest absolute Gasteiger partial charge is 0.418 e. The monoisotopic (exact) mass is 355 g/mol. The molecule has 5 nitrogen and oxygen atoms in total. The van der Waals surface area contributed by atoms with Crippen molar-refractivity contribution in [1.82, 2.24) is 4.90 Å². The van der Waals surface area contributed by atoms with Crippen LogP contribution in [-0.2, 0) is 18.4 Å². The van der Waals surface area contributed by atoms with Crippen molar-refractivity contribution in [2.75, 3.05) is 26.8 Å². The molecule has 1 aliphatic carbocycles. The number of likely N-dealkylation sites (N-methyl/N-ethyl adjacent to an activating group) is 1. The van der Waals surface area contributed by atoms with Crippen molar-refractivity contribution in [1.29, 1.82) is 0 Å². The zero-order valence-corrected chi connectivity index (χ0v) is 14.2. The lowest BCUT2D eigenvalue weighted by Crippen LogP contribution is -2.61. The average molecular weight is 355 g/mol. The van der Waals surface area contributed by atoms with Crippen LogP contribution in [0.4, 0.5) is 13.2 Å². The van der Waals surface area contributed by atoms with Crippen LogP contribution in [0.15, 0.2) is 11.6 Å². The summed E-state index contributed by atoms with van der Waals surface area (Å²) in [7, 11) is -3.26. The Balaban J connectivity index is 2.54. The average Bonchev–Trinajstić information content (AvgIpc) is 2.75. The quantitative estimate of drug-likeness (QED) is 0.708. The van der Waals surface area contributed by atoms with E-state index in [2.05, 4.69) is 0 Å². The van der Waals surface area contributed by atoms with E-state index in [0.717, 1.165) is 4.90 Å². The highest BCUT2D eigenvalue weighted by molar-refractivity contribution is 7.55. The van der Waals surface area contributed by atoms with Gasteiger partial charge in [-0.15, -0.1) is 0 Å². The van der Waals surface area contributed by atoms with Gasteiger partial charge in [-0.05, 0) is 44.9 Å². The van der Waals surface area contributed by atoms with Gasteiger partial charge in [0.25, 0.3) is 0 Å². The number of ketones is 1. The van der Waals surface area contributed by atoms with Gasteiger partial charge >= 0.3 is 13.8 Å². The van der Waals surface area contributed by atoms with Gasteiger partial charge in [0.15, 0.2) is 5.78 Å². The molecule has 2 aliphatic rings. The molecule has 0 saturated carbocycles. The summed E-state index contributed by atoms with van der Waals surface area (Å²) < 4.78 is 65.4. The van der Waals surface area contributed by atoms with E-state index in [4.69, 9.17) is 9.05 Å². The molecule has 0 aromatic rings. The smallest absolute Gasteiger partial charge is 0.307 e. The summed E-state index contributed by atoms with van der Waals surface area (Å²) in [5.74, 6) is -0.770. The lowest BCUT2D eigenvalue weighted by Gasteiger charge is -2.50. The number of likely N-dealkylation sites (tertiary alicyclic amines) is 1. The van der Waals surface area contributed by atoms with Gasteiger partial charge in [0.05, 0.1) is 13.2 Å². The highest BCUT2D eigenvalue weighted by Crippen LogP contribution is 2.70. The Morgan fingerprint density at radius 3 is 2.39 bits per heavy atom. The van der Waals surface area contributed by atoms with Crippen LogP contribution in [0.2, 0.25) is 0 Å². The normalized spacial score (nSPS) is 29.6. The fraction of sp³-hybridized carbons (Fsp3) is 0.786. The maximum atomic E-state index is 14.1. The minimum absolute atomic E-state index is 0.0131. The SMILES string of the molecule is CCOP(=O)(OCC)[C@@]1(C(F)(F)F)C[C@@H]2CC(=O)C=C2CN1C. The van der Waals surface area contributed by atoms with Crippen LogP contribution >= 0.6 is 7.60 Å². The summed E-state index contributed by atoms with van der Waals surface area (Å²) in [6.07, 6.45) is -3.91. The Bertz CT molecular complexity index is 553. The fourth-order valence-corrected chi connectivity index (χ4v) is 5.86. The number of carbonyl (C=O) groups excluding carboxylic acids is 1. The molecule has 1 saturated heterocycles. The molecule has 9 heteroatoms. The second-order valence-corrected chi connectivity index (χ2v) is 8.05. The molecule has 0 aromatic heterocycles. The second-order valence-electron chi connectivity index (χ2n) is 5.79. The fourth-order valence-electron chi connectivity index (χ4n) is 3.44. The number of alkyl halides is 3. The third kappa shape index (κ3) is 2.90. The van der Waals surface area contributed by atoms with Gasteiger partial charge in [0.2, 0.25) is 5.28 Å². The lowest BCUT2D eigenvalue weighted by atomic mass is 9.87. The number of nitrogens with zero attached hydrogens (tertiary/aromatic N) is 1. The number of fused-ring (bicyclic) bond motifs is 1. The molecule has 1 fully saturated rings. The van der Waals surface area contributed by atoms with E-state index in [1.807, 2.05) is 0 Å². The van der Waals surface area contributed by atoms with Gasteiger partial charge in [0.1, 0.15) is 0 Å². The van der Waals surface area contributed by atoms with Gasteiger partial charge in [-0.3, -0.25) is 14.3 Å². The first-order valence-corrected chi connectivity index (χ1v) is 9.06. The van der Waals surface area contributed by atoms with Crippen molar-refractivity contribution >= 4 is 13.4 Å². The second kappa shape index (κ2) is 6.31. The molecule has 0 spiro atoms. The predicted octanol–water partition coefficient (Wildman–Crippen LogP) is 3.36. The lowest BCUT2D eigenvalue weighted by molar-refractivity contribution is -0.212. The third-order valence-corrected chi connectivity index (χ3v) is 7.29. The summed E-state index contributed by atoms with van der Waals surface area (Å²) >= 11 is 0. The number of carbonyl (C=O) groups is 1. The highest BCUT2D eigenvalue weighted by atomic mass is 31.2. The maximum absolute atomic E-state index is 14.1. The van der Waals surface area contributed by atoms with Crippen LogP contribution in [0.25, 0.3) is 0 Å². The van der Waals surface area contributed by atoms with Crippen LogP contribution < -0.4 is 0 Å². The van der Waals surface area contributed by atoms with E-state index in [-0.39, 0.29) is 32.0 Å². The maximum Gasteiger partial charge on any atom is 0.418 e. The summed E-state index contributed by atoms with van der Waals surface area (Å²) in [5, 5.41) is -2.74. The molecule has 0 N–H and O–H groups in total. The first-order chi connectivity index (χ1) is 10.6. The summed E-state index contributed by atoms with van der Waals surface area (Å²) in [5.41, 5.74) is 0.650. The molecule has 0 radical (unpaired) electrons. The summed E-state index contributed by atoms with van der Waals surface area (Å²) in [6, 6.07) is 0. The van der Waals surface area contributed by atoms with E-state index in [1.165, 1.54) is 27.0 Å². The molecule has 2 atom stereocenters. The van der Waals surface area contributed by atoms with Gasteiger partial charge in [-0.25, -0.2) is 0 Å².